The maximum Gasteiger partial charge on any atom is 0.251 e. The van der Waals surface area contributed by atoms with Crippen LogP contribution in [0.25, 0.3) is 0 Å². The van der Waals surface area contributed by atoms with E-state index in [9.17, 15) is 9.90 Å². The van der Waals surface area contributed by atoms with E-state index in [1.807, 2.05) is 19.9 Å². The number of aryl methyl sites for hydroxylation is 1. The molecule has 0 bridgehead atoms. The monoisotopic (exact) mass is 526 g/mol. The van der Waals surface area contributed by atoms with Crippen molar-refractivity contribution < 1.29 is 14.6 Å². The number of carbonyl (C=O) groups is 1. The fourth-order valence-electron chi connectivity index (χ4n) is 2.73. The fourth-order valence-corrected chi connectivity index (χ4v) is 2.73. The number of aliphatic imine (C=N–C) groups is 1. The molecule has 0 fully saturated rings. The molecule has 7 nitrogen and oxygen atoms in total. The Labute approximate surface area is 195 Å². The number of methoxy groups -OCH3 is 1. The molecule has 8 heteroatoms. The molecule has 0 saturated carbocycles. The summed E-state index contributed by atoms with van der Waals surface area (Å²) >= 11 is 0. The third-order valence-electron chi connectivity index (χ3n) is 4.32. The average Bonchev–Trinajstić information content (AvgIpc) is 2.72. The largest absolute Gasteiger partial charge is 0.508 e. The molecule has 0 saturated heterocycles. The van der Waals surface area contributed by atoms with Gasteiger partial charge in [-0.15, -0.1) is 24.0 Å². The number of phenols is 1. The SMILES string of the molecule is CCNC(=NCCc1ccc(C)c(OC)c1)NCCNC(=O)c1ccc(O)cc1.I. The van der Waals surface area contributed by atoms with Gasteiger partial charge >= 0.3 is 0 Å². The molecule has 0 aliphatic heterocycles. The van der Waals surface area contributed by atoms with Crippen molar-refractivity contribution in [3.63, 3.8) is 0 Å². The highest BCUT2D eigenvalue weighted by molar-refractivity contribution is 14.0. The first kappa shape index (κ1) is 25.5. The fraction of sp³-hybridized carbons (Fsp3) is 0.364. The maximum atomic E-state index is 12.1. The second-order valence-electron chi connectivity index (χ2n) is 6.54. The van der Waals surface area contributed by atoms with Crippen molar-refractivity contribution in [2.24, 2.45) is 4.99 Å². The van der Waals surface area contributed by atoms with Crippen LogP contribution in [0.3, 0.4) is 0 Å². The van der Waals surface area contributed by atoms with Gasteiger partial charge < -0.3 is 25.8 Å². The predicted molar refractivity (Wildman–Crippen MR) is 131 cm³/mol. The summed E-state index contributed by atoms with van der Waals surface area (Å²) in [7, 11) is 1.68. The average molecular weight is 526 g/mol. The Balaban J connectivity index is 0.00000450. The van der Waals surface area contributed by atoms with Crippen LogP contribution >= 0.6 is 24.0 Å². The van der Waals surface area contributed by atoms with E-state index in [1.165, 1.54) is 17.7 Å². The van der Waals surface area contributed by atoms with Crippen LogP contribution in [0.4, 0.5) is 0 Å². The minimum Gasteiger partial charge on any atom is -0.508 e. The number of nitrogens with one attached hydrogen (secondary N) is 3. The molecule has 0 aliphatic carbocycles. The molecule has 0 heterocycles. The normalized spacial score (nSPS) is 10.7. The minimum atomic E-state index is -0.179. The van der Waals surface area contributed by atoms with Crippen LogP contribution in [-0.4, -0.2) is 50.3 Å². The Morgan fingerprint density at radius 3 is 2.43 bits per heavy atom. The zero-order valence-corrected chi connectivity index (χ0v) is 20.0. The lowest BCUT2D eigenvalue weighted by molar-refractivity contribution is 0.0954. The summed E-state index contributed by atoms with van der Waals surface area (Å²) in [6.07, 6.45) is 0.810. The Morgan fingerprint density at radius 1 is 1.07 bits per heavy atom. The van der Waals surface area contributed by atoms with E-state index >= 15 is 0 Å². The molecule has 0 spiro atoms. The molecule has 2 rings (SSSR count). The predicted octanol–water partition coefficient (Wildman–Crippen LogP) is 2.85. The number of benzene rings is 2. The number of hydrogen-bond acceptors (Lipinski definition) is 4. The summed E-state index contributed by atoms with van der Waals surface area (Å²) in [6, 6.07) is 12.3. The standard InChI is InChI=1S/C22H30N4O3.HI/c1-4-23-22(25-12-11-17-6-5-16(2)20(15-17)29-3)26-14-13-24-21(28)18-7-9-19(27)10-8-18;/h5-10,15,27H,4,11-14H2,1-3H3,(H,24,28)(H2,23,25,26);1H. The Kier molecular flexibility index (Phi) is 11.7. The van der Waals surface area contributed by atoms with Crippen LogP contribution in [-0.2, 0) is 6.42 Å². The topological polar surface area (TPSA) is 95.0 Å². The summed E-state index contributed by atoms with van der Waals surface area (Å²) in [5, 5.41) is 18.5. The van der Waals surface area contributed by atoms with E-state index in [1.54, 1.807) is 19.2 Å². The van der Waals surface area contributed by atoms with Gasteiger partial charge in [-0.1, -0.05) is 12.1 Å². The number of rotatable bonds is 9. The lowest BCUT2D eigenvalue weighted by Gasteiger charge is -2.12. The first-order chi connectivity index (χ1) is 14.0. The van der Waals surface area contributed by atoms with Gasteiger partial charge in [0.2, 0.25) is 0 Å². The molecule has 164 valence electrons. The van der Waals surface area contributed by atoms with Crippen molar-refractivity contribution in [3.05, 3.63) is 59.2 Å². The Bertz CT molecular complexity index is 826. The van der Waals surface area contributed by atoms with E-state index < -0.39 is 0 Å². The van der Waals surface area contributed by atoms with Crippen LogP contribution < -0.4 is 20.7 Å². The van der Waals surface area contributed by atoms with Crippen molar-refractivity contribution in [2.75, 3.05) is 33.3 Å². The third kappa shape index (κ3) is 8.48. The number of hydrogen-bond donors (Lipinski definition) is 4. The summed E-state index contributed by atoms with van der Waals surface area (Å²) in [5.41, 5.74) is 2.80. The molecule has 0 atom stereocenters. The Morgan fingerprint density at radius 2 is 1.77 bits per heavy atom. The zero-order chi connectivity index (χ0) is 21.1. The van der Waals surface area contributed by atoms with E-state index in [0.717, 1.165) is 24.3 Å². The molecule has 2 aromatic rings. The van der Waals surface area contributed by atoms with Gasteiger partial charge in [0.05, 0.1) is 7.11 Å². The molecule has 4 N–H and O–H groups in total. The minimum absolute atomic E-state index is 0. The summed E-state index contributed by atoms with van der Waals surface area (Å²) in [6.45, 7) is 6.43. The van der Waals surface area contributed by atoms with Gasteiger partial charge in [0.25, 0.3) is 5.91 Å². The van der Waals surface area contributed by atoms with Crippen molar-refractivity contribution in [1.82, 2.24) is 16.0 Å². The summed E-state index contributed by atoms with van der Waals surface area (Å²) < 4.78 is 5.37. The van der Waals surface area contributed by atoms with Crippen LogP contribution in [0.1, 0.15) is 28.4 Å². The second-order valence-corrected chi connectivity index (χ2v) is 6.54. The highest BCUT2D eigenvalue weighted by atomic mass is 127. The van der Waals surface area contributed by atoms with Crippen LogP contribution in [0, 0.1) is 6.92 Å². The molecule has 1 amide bonds. The first-order valence-electron chi connectivity index (χ1n) is 9.76. The number of ether oxygens (including phenoxy) is 1. The van der Waals surface area contributed by atoms with Crippen molar-refractivity contribution >= 4 is 35.8 Å². The number of guanidine groups is 1. The van der Waals surface area contributed by atoms with E-state index in [0.29, 0.717) is 31.2 Å². The van der Waals surface area contributed by atoms with Crippen molar-refractivity contribution in [2.45, 2.75) is 20.3 Å². The molecular weight excluding hydrogens is 495 g/mol. The molecule has 0 aliphatic rings. The van der Waals surface area contributed by atoms with Gasteiger partial charge in [-0.2, -0.15) is 0 Å². The van der Waals surface area contributed by atoms with Crippen molar-refractivity contribution in [3.8, 4) is 11.5 Å². The van der Waals surface area contributed by atoms with Gasteiger partial charge in [0.15, 0.2) is 5.96 Å². The third-order valence-corrected chi connectivity index (χ3v) is 4.32. The Hall–Kier alpha value is -2.49. The van der Waals surface area contributed by atoms with Gasteiger partial charge in [0.1, 0.15) is 11.5 Å². The molecule has 30 heavy (non-hydrogen) atoms. The van der Waals surface area contributed by atoms with Gasteiger partial charge in [0, 0.05) is 31.7 Å². The lowest BCUT2D eigenvalue weighted by atomic mass is 10.1. The smallest absolute Gasteiger partial charge is 0.251 e. The molecule has 0 radical (unpaired) electrons. The highest BCUT2D eigenvalue weighted by Gasteiger charge is 2.05. The molecular formula is C22H31IN4O3. The van der Waals surface area contributed by atoms with Gasteiger partial charge in [-0.05, 0) is 61.7 Å². The quantitative estimate of drug-likeness (QED) is 0.175. The van der Waals surface area contributed by atoms with Crippen LogP contribution in [0.2, 0.25) is 0 Å². The number of amides is 1. The molecule has 0 unspecified atom stereocenters. The van der Waals surface area contributed by atoms with Gasteiger partial charge in [-0.3, -0.25) is 9.79 Å². The molecule has 0 aromatic heterocycles. The summed E-state index contributed by atoms with van der Waals surface area (Å²) in [5.74, 6) is 1.56. The van der Waals surface area contributed by atoms with Crippen LogP contribution in [0.5, 0.6) is 11.5 Å². The zero-order valence-electron chi connectivity index (χ0n) is 17.7. The first-order valence-corrected chi connectivity index (χ1v) is 9.76. The van der Waals surface area contributed by atoms with E-state index in [-0.39, 0.29) is 35.6 Å². The lowest BCUT2D eigenvalue weighted by Crippen LogP contribution is -2.41. The second kappa shape index (κ2) is 13.7. The summed E-state index contributed by atoms with van der Waals surface area (Å²) in [4.78, 5) is 16.6. The number of carbonyl (C=O) groups excluding carboxylic acids is 1. The van der Waals surface area contributed by atoms with Crippen molar-refractivity contribution in [1.29, 1.82) is 0 Å². The molecule has 2 aromatic carbocycles. The van der Waals surface area contributed by atoms with Crippen LogP contribution in [0.15, 0.2) is 47.5 Å². The number of phenolic OH excluding ortho intramolecular Hbond substituents is 1. The highest BCUT2D eigenvalue weighted by Crippen LogP contribution is 2.19. The number of nitrogens with zero attached hydrogens (tertiary/aromatic N) is 1. The van der Waals surface area contributed by atoms with E-state index in [2.05, 4.69) is 33.1 Å². The maximum absolute atomic E-state index is 12.1. The van der Waals surface area contributed by atoms with Gasteiger partial charge in [-0.25, -0.2) is 0 Å². The van der Waals surface area contributed by atoms with E-state index in [4.69, 9.17) is 4.74 Å². The number of aromatic hydroxyl groups is 1. The number of halogens is 1.